The van der Waals surface area contributed by atoms with Gasteiger partial charge in [-0.05, 0) is 23.3 Å². The monoisotopic (exact) mass is 198 g/mol. The molecular formula is C11H9F3. The molecule has 0 unspecified atom stereocenters. The topological polar surface area (TPSA) is 0 Å². The van der Waals surface area contributed by atoms with Gasteiger partial charge in [0.2, 0.25) is 0 Å². The van der Waals surface area contributed by atoms with E-state index in [-0.39, 0.29) is 0 Å². The van der Waals surface area contributed by atoms with Gasteiger partial charge in [0.25, 0.3) is 0 Å². The van der Waals surface area contributed by atoms with Crippen molar-refractivity contribution in [1.29, 1.82) is 0 Å². The van der Waals surface area contributed by atoms with E-state index < -0.39 is 11.7 Å². The molecule has 0 bridgehead atoms. The van der Waals surface area contributed by atoms with Gasteiger partial charge in [-0.25, -0.2) is 0 Å². The van der Waals surface area contributed by atoms with Gasteiger partial charge in [0, 0.05) is 0 Å². The van der Waals surface area contributed by atoms with Crippen LogP contribution in [0.15, 0.2) is 43.5 Å². The molecule has 0 fully saturated rings. The normalized spacial score (nSPS) is 11.1. The van der Waals surface area contributed by atoms with E-state index in [1.807, 2.05) is 0 Å². The Balaban J connectivity index is 3.14. The molecule has 0 amide bonds. The van der Waals surface area contributed by atoms with E-state index in [2.05, 4.69) is 13.2 Å². The van der Waals surface area contributed by atoms with Crippen molar-refractivity contribution in [1.82, 2.24) is 0 Å². The minimum absolute atomic E-state index is 0.440. The zero-order chi connectivity index (χ0) is 10.8. The summed E-state index contributed by atoms with van der Waals surface area (Å²) in [6.07, 6.45) is -2.88. The highest BCUT2D eigenvalue weighted by atomic mass is 19.4. The van der Waals surface area contributed by atoms with Crippen LogP contribution in [-0.4, -0.2) is 0 Å². The Bertz CT molecular complexity index is 361. The minimum atomic E-state index is -4.31. The average Bonchev–Trinajstić information content (AvgIpc) is 2.15. The number of alkyl halides is 3. The fourth-order valence-electron chi connectivity index (χ4n) is 1.01. The van der Waals surface area contributed by atoms with Gasteiger partial charge in [-0.3, -0.25) is 0 Å². The van der Waals surface area contributed by atoms with Crippen LogP contribution in [0.4, 0.5) is 13.2 Å². The molecule has 74 valence electrons. The lowest BCUT2D eigenvalue weighted by molar-refractivity contribution is -0.137. The van der Waals surface area contributed by atoms with Crippen molar-refractivity contribution in [3.05, 3.63) is 54.6 Å². The van der Waals surface area contributed by atoms with E-state index in [4.69, 9.17) is 0 Å². The number of rotatable bonds is 2. The maximum Gasteiger partial charge on any atom is 0.416 e. The predicted octanol–water partition coefficient (Wildman–Crippen LogP) is 3.90. The molecule has 14 heavy (non-hydrogen) atoms. The first-order valence-corrected chi connectivity index (χ1v) is 3.94. The van der Waals surface area contributed by atoms with Crippen molar-refractivity contribution in [3.63, 3.8) is 0 Å². The smallest absolute Gasteiger partial charge is 0.166 e. The van der Waals surface area contributed by atoms with Gasteiger partial charge in [-0.2, -0.15) is 13.2 Å². The summed E-state index contributed by atoms with van der Waals surface area (Å²) >= 11 is 0. The first-order chi connectivity index (χ1) is 6.45. The van der Waals surface area contributed by atoms with E-state index >= 15 is 0 Å². The van der Waals surface area contributed by atoms with Crippen molar-refractivity contribution in [2.45, 2.75) is 6.18 Å². The highest BCUT2D eigenvalue weighted by Crippen LogP contribution is 2.30. The molecule has 0 atom stereocenters. The summed E-state index contributed by atoms with van der Waals surface area (Å²) in [5, 5.41) is 0. The average molecular weight is 198 g/mol. The lowest BCUT2D eigenvalue weighted by Gasteiger charge is -2.08. The van der Waals surface area contributed by atoms with Crippen molar-refractivity contribution < 1.29 is 13.2 Å². The molecule has 0 N–H and O–H groups in total. The Morgan fingerprint density at radius 3 is 2.43 bits per heavy atom. The van der Waals surface area contributed by atoms with Crippen LogP contribution >= 0.6 is 0 Å². The molecule has 0 radical (unpaired) electrons. The zero-order valence-electron chi connectivity index (χ0n) is 7.43. The molecular weight excluding hydrogens is 189 g/mol. The Morgan fingerprint density at radius 2 is 1.93 bits per heavy atom. The summed E-state index contributed by atoms with van der Waals surface area (Å²) in [7, 11) is 0. The number of allylic oxidation sites excluding steroid dienone is 2. The van der Waals surface area contributed by atoms with E-state index in [1.165, 1.54) is 12.1 Å². The molecule has 0 aliphatic heterocycles. The molecule has 1 aromatic rings. The summed E-state index contributed by atoms with van der Waals surface area (Å²) in [5.41, 5.74) is 0.254. The van der Waals surface area contributed by atoms with Crippen LogP contribution in [0, 0.1) is 0 Å². The molecule has 0 aliphatic rings. The number of hydrogen-bond donors (Lipinski definition) is 0. The van der Waals surface area contributed by atoms with Crippen molar-refractivity contribution in [2.24, 2.45) is 0 Å². The van der Waals surface area contributed by atoms with Gasteiger partial charge < -0.3 is 0 Å². The third kappa shape index (κ3) is 2.25. The molecule has 0 spiro atoms. The van der Waals surface area contributed by atoms with Gasteiger partial charge >= 0.3 is 6.18 Å². The van der Waals surface area contributed by atoms with Crippen LogP contribution in [0.5, 0.6) is 0 Å². The summed E-state index contributed by atoms with van der Waals surface area (Å²) in [5.74, 6) is 0. The molecule has 1 aromatic carbocycles. The Labute approximate surface area is 80.4 Å². The molecule has 0 nitrogen and oxygen atoms in total. The van der Waals surface area contributed by atoms with Crippen molar-refractivity contribution in [2.75, 3.05) is 0 Å². The van der Waals surface area contributed by atoms with Gasteiger partial charge in [0.05, 0.1) is 5.56 Å². The second-order valence-corrected chi connectivity index (χ2v) is 2.81. The van der Waals surface area contributed by atoms with Crippen LogP contribution in [0.2, 0.25) is 0 Å². The van der Waals surface area contributed by atoms with Crippen molar-refractivity contribution >= 4 is 5.57 Å². The van der Waals surface area contributed by atoms with Crippen LogP contribution < -0.4 is 0 Å². The van der Waals surface area contributed by atoms with E-state index in [1.54, 1.807) is 6.07 Å². The third-order valence-corrected chi connectivity index (χ3v) is 1.81. The zero-order valence-corrected chi connectivity index (χ0v) is 7.43. The van der Waals surface area contributed by atoms with E-state index in [9.17, 15) is 13.2 Å². The summed E-state index contributed by atoms with van der Waals surface area (Å²) in [4.78, 5) is 0. The minimum Gasteiger partial charge on any atom is -0.166 e. The van der Waals surface area contributed by atoms with Gasteiger partial charge in [-0.15, -0.1) is 0 Å². The Morgan fingerprint density at radius 1 is 1.29 bits per heavy atom. The second-order valence-electron chi connectivity index (χ2n) is 2.81. The molecule has 1 rings (SSSR count). The molecule has 0 saturated heterocycles. The first kappa shape index (κ1) is 10.6. The standard InChI is InChI=1S/C11H9F3/c1-3-8(2)9-5-4-6-10(7-9)11(12,13)14/h3-7H,1-2H2. The molecule has 0 heterocycles. The van der Waals surface area contributed by atoms with E-state index in [0.29, 0.717) is 11.1 Å². The van der Waals surface area contributed by atoms with Crippen LogP contribution in [-0.2, 0) is 6.18 Å². The van der Waals surface area contributed by atoms with Crippen molar-refractivity contribution in [3.8, 4) is 0 Å². The highest BCUT2D eigenvalue weighted by molar-refractivity contribution is 5.71. The Hall–Kier alpha value is -1.51. The number of hydrogen-bond acceptors (Lipinski definition) is 0. The quantitative estimate of drug-likeness (QED) is 0.632. The lowest BCUT2D eigenvalue weighted by Crippen LogP contribution is -2.04. The molecule has 0 aliphatic carbocycles. The lowest BCUT2D eigenvalue weighted by atomic mass is 10.0. The Kier molecular flexibility index (Phi) is 2.79. The van der Waals surface area contributed by atoms with Gasteiger partial charge in [0.15, 0.2) is 0 Å². The fraction of sp³-hybridized carbons (Fsp3) is 0.0909. The SMILES string of the molecule is C=CC(=C)c1cccc(C(F)(F)F)c1. The van der Waals surface area contributed by atoms with E-state index in [0.717, 1.165) is 12.1 Å². The largest absolute Gasteiger partial charge is 0.416 e. The maximum atomic E-state index is 12.3. The molecule has 3 heteroatoms. The highest BCUT2D eigenvalue weighted by Gasteiger charge is 2.30. The maximum absolute atomic E-state index is 12.3. The molecule has 0 aromatic heterocycles. The fourth-order valence-corrected chi connectivity index (χ4v) is 1.01. The summed E-state index contributed by atoms with van der Waals surface area (Å²) in [6.45, 7) is 7.03. The van der Waals surface area contributed by atoms with Gasteiger partial charge in [0.1, 0.15) is 0 Å². The molecule has 0 saturated carbocycles. The summed E-state index contributed by atoms with van der Waals surface area (Å²) in [6, 6.07) is 5.01. The third-order valence-electron chi connectivity index (χ3n) is 1.81. The predicted molar refractivity (Wildman–Crippen MR) is 50.7 cm³/mol. The van der Waals surface area contributed by atoms with Crippen LogP contribution in [0.1, 0.15) is 11.1 Å². The first-order valence-electron chi connectivity index (χ1n) is 3.94. The van der Waals surface area contributed by atoms with Crippen LogP contribution in [0.3, 0.4) is 0 Å². The van der Waals surface area contributed by atoms with Crippen LogP contribution in [0.25, 0.3) is 5.57 Å². The number of halogens is 3. The van der Waals surface area contributed by atoms with Gasteiger partial charge in [-0.1, -0.05) is 31.4 Å². The second kappa shape index (κ2) is 3.70. The summed E-state index contributed by atoms with van der Waals surface area (Å²) < 4.78 is 36.8. The number of benzene rings is 1.